The first-order chi connectivity index (χ1) is 9.97. The molecule has 0 unspecified atom stereocenters. The molecule has 2 aromatic rings. The summed E-state index contributed by atoms with van der Waals surface area (Å²) in [5.74, 6) is 0.191. The highest BCUT2D eigenvalue weighted by Gasteiger charge is 2.25. The molecule has 1 aliphatic heterocycles. The van der Waals surface area contributed by atoms with Crippen LogP contribution in [-0.2, 0) is 4.79 Å². The Balaban J connectivity index is 2.14. The van der Waals surface area contributed by atoms with Crippen LogP contribution in [0.3, 0.4) is 0 Å². The van der Waals surface area contributed by atoms with Crippen molar-refractivity contribution in [3.05, 3.63) is 57.1 Å². The minimum Gasteiger partial charge on any atom is -0.507 e. The van der Waals surface area contributed by atoms with Crippen molar-refractivity contribution in [3.8, 4) is 5.75 Å². The number of nitrogens with one attached hydrogen (secondary N) is 1. The fourth-order valence-corrected chi connectivity index (χ4v) is 3.03. The summed E-state index contributed by atoms with van der Waals surface area (Å²) in [6, 6.07) is 9.47. The van der Waals surface area contributed by atoms with Crippen molar-refractivity contribution in [2.45, 2.75) is 13.8 Å². The van der Waals surface area contributed by atoms with E-state index in [1.165, 1.54) is 0 Å². The quantitative estimate of drug-likeness (QED) is 0.760. The number of aromatic hydroxyl groups is 1. The maximum atomic E-state index is 12.2. The number of halogens is 1. The summed E-state index contributed by atoms with van der Waals surface area (Å²) >= 11 is 3.45. The zero-order chi connectivity index (χ0) is 15.1. The van der Waals surface area contributed by atoms with E-state index in [2.05, 4.69) is 21.2 Å². The van der Waals surface area contributed by atoms with E-state index in [1.807, 2.05) is 50.3 Å². The average Bonchev–Trinajstić information content (AvgIpc) is 2.75. The largest absolute Gasteiger partial charge is 0.507 e. The van der Waals surface area contributed by atoms with Gasteiger partial charge in [0, 0.05) is 15.6 Å². The number of aryl methyl sites for hydroxylation is 2. The molecule has 0 spiro atoms. The van der Waals surface area contributed by atoms with Gasteiger partial charge in [0.05, 0.1) is 5.69 Å². The van der Waals surface area contributed by atoms with E-state index in [4.69, 9.17) is 0 Å². The summed E-state index contributed by atoms with van der Waals surface area (Å²) in [5, 5.41) is 12.7. The molecule has 1 amide bonds. The monoisotopic (exact) mass is 343 g/mol. The second kappa shape index (κ2) is 5.04. The Morgan fingerprint density at radius 2 is 1.86 bits per heavy atom. The van der Waals surface area contributed by atoms with Crippen molar-refractivity contribution in [1.82, 2.24) is 0 Å². The molecule has 1 aliphatic rings. The third-order valence-corrected chi connectivity index (χ3v) is 4.27. The molecule has 0 aromatic heterocycles. The lowest BCUT2D eigenvalue weighted by Crippen LogP contribution is -2.03. The summed E-state index contributed by atoms with van der Waals surface area (Å²) in [5.41, 5.74) is 4.83. The van der Waals surface area contributed by atoms with Crippen molar-refractivity contribution in [2.75, 3.05) is 5.32 Å². The molecule has 3 rings (SSSR count). The van der Waals surface area contributed by atoms with Gasteiger partial charge in [-0.2, -0.15) is 0 Å². The zero-order valence-electron chi connectivity index (χ0n) is 11.7. The molecule has 0 bridgehead atoms. The van der Waals surface area contributed by atoms with Crippen LogP contribution in [0.25, 0.3) is 11.6 Å². The van der Waals surface area contributed by atoms with Crippen molar-refractivity contribution in [2.24, 2.45) is 0 Å². The molecular weight excluding hydrogens is 330 g/mol. The Kier molecular flexibility index (Phi) is 3.33. The van der Waals surface area contributed by atoms with Crippen molar-refractivity contribution < 1.29 is 9.90 Å². The fourth-order valence-electron chi connectivity index (χ4n) is 2.56. The molecule has 0 fully saturated rings. The molecule has 2 N–H and O–H groups in total. The van der Waals surface area contributed by atoms with Gasteiger partial charge < -0.3 is 10.4 Å². The summed E-state index contributed by atoms with van der Waals surface area (Å²) in [6.07, 6.45) is 1.85. The number of benzene rings is 2. The summed E-state index contributed by atoms with van der Waals surface area (Å²) in [7, 11) is 0. The number of rotatable bonds is 1. The Bertz CT molecular complexity index is 770. The average molecular weight is 344 g/mol. The van der Waals surface area contributed by atoms with Crippen molar-refractivity contribution >= 4 is 39.2 Å². The van der Waals surface area contributed by atoms with Crippen LogP contribution in [0.4, 0.5) is 5.69 Å². The van der Waals surface area contributed by atoms with E-state index in [0.29, 0.717) is 11.3 Å². The van der Waals surface area contributed by atoms with Crippen LogP contribution in [0, 0.1) is 13.8 Å². The van der Waals surface area contributed by atoms with E-state index in [-0.39, 0.29) is 5.91 Å². The second-order valence-corrected chi connectivity index (χ2v) is 6.03. The molecule has 4 heteroatoms. The van der Waals surface area contributed by atoms with E-state index < -0.39 is 0 Å². The van der Waals surface area contributed by atoms with Gasteiger partial charge in [0.1, 0.15) is 5.75 Å². The van der Waals surface area contributed by atoms with Gasteiger partial charge in [-0.25, -0.2) is 0 Å². The molecule has 21 heavy (non-hydrogen) atoms. The maximum Gasteiger partial charge on any atom is 0.256 e. The topological polar surface area (TPSA) is 49.3 Å². The van der Waals surface area contributed by atoms with E-state index in [9.17, 15) is 9.90 Å². The van der Waals surface area contributed by atoms with Gasteiger partial charge in [-0.3, -0.25) is 4.79 Å². The standard InChI is InChI=1S/C17H14BrNO2/c1-9-6-11(7-10(2)16(9)20)8-13-12-4-3-5-14(18)15(12)19-17(13)21/h3-8,20H,1-2H3,(H,19,21). The maximum absolute atomic E-state index is 12.2. The third-order valence-electron chi connectivity index (χ3n) is 3.61. The highest BCUT2D eigenvalue weighted by Crippen LogP contribution is 2.38. The van der Waals surface area contributed by atoms with Crippen LogP contribution < -0.4 is 5.32 Å². The molecule has 106 valence electrons. The number of amides is 1. The van der Waals surface area contributed by atoms with E-state index in [1.54, 1.807) is 0 Å². The van der Waals surface area contributed by atoms with Gasteiger partial charge in [0.15, 0.2) is 0 Å². The normalized spacial score (nSPS) is 15.2. The lowest BCUT2D eigenvalue weighted by molar-refractivity contribution is -0.110. The van der Waals surface area contributed by atoms with Crippen LogP contribution in [0.15, 0.2) is 34.8 Å². The smallest absolute Gasteiger partial charge is 0.256 e. The van der Waals surface area contributed by atoms with Crippen molar-refractivity contribution in [3.63, 3.8) is 0 Å². The van der Waals surface area contributed by atoms with Crippen LogP contribution in [0.2, 0.25) is 0 Å². The predicted octanol–water partition coefficient (Wildman–Crippen LogP) is 4.26. The SMILES string of the molecule is Cc1cc(C=C2C(=O)Nc3c(Br)cccc32)cc(C)c1O. The van der Waals surface area contributed by atoms with Gasteiger partial charge >= 0.3 is 0 Å². The molecule has 0 atom stereocenters. The minimum absolute atomic E-state index is 0.111. The highest BCUT2D eigenvalue weighted by atomic mass is 79.9. The number of carbonyl (C=O) groups excluding carboxylic acids is 1. The first-order valence-corrected chi connectivity index (χ1v) is 7.39. The molecule has 0 aliphatic carbocycles. The predicted molar refractivity (Wildman–Crippen MR) is 88.2 cm³/mol. The second-order valence-electron chi connectivity index (χ2n) is 5.18. The van der Waals surface area contributed by atoms with Crippen molar-refractivity contribution in [1.29, 1.82) is 0 Å². The molecule has 1 heterocycles. The van der Waals surface area contributed by atoms with Crippen LogP contribution in [0.5, 0.6) is 5.75 Å². The van der Waals surface area contributed by atoms with Crippen LogP contribution >= 0.6 is 15.9 Å². The Labute approximate surface area is 131 Å². The van der Waals surface area contributed by atoms with Crippen LogP contribution in [-0.4, -0.2) is 11.0 Å². The molecule has 0 saturated heterocycles. The van der Waals surface area contributed by atoms with Crippen LogP contribution in [0.1, 0.15) is 22.3 Å². The first kappa shape index (κ1) is 13.9. The van der Waals surface area contributed by atoms with E-state index in [0.717, 1.165) is 32.4 Å². The van der Waals surface area contributed by atoms with Gasteiger partial charge in [0.25, 0.3) is 5.91 Å². The Morgan fingerprint density at radius 1 is 1.19 bits per heavy atom. The van der Waals surface area contributed by atoms with Gasteiger partial charge in [0.2, 0.25) is 0 Å². The third kappa shape index (κ3) is 2.36. The minimum atomic E-state index is -0.111. The summed E-state index contributed by atoms with van der Waals surface area (Å²) in [4.78, 5) is 12.2. The number of fused-ring (bicyclic) bond motifs is 1. The number of hydrogen-bond donors (Lipinski definition) is 2. The summed E-state index contributed by atoms with van der Waals surface area (Å²) < 4.78 is 0.870. The highest BCUT2D eigenvalue weighted by molar-refractivity contribution is 9.10. The lowest BCUT2D eigenvalue weighted by Gasteiger charge is -2.06. The number of anilines is 1. The van der Waals surface area contributed by atoms with Gasteiger partial charge in [-0.15, -0.1) is 0 Å². The first-order valence-electron chi connectivity index (χ1n) is 6.59. The Hall–Kier alpha value is -2.07. The molecule has 0 saturated carbocycles. The van der Waals surface area contributed by atoms with Gasteiger partial charge in [-0.05, 0) is 70.7 Å². The molecule has 0 radical (unpaired) electrons. The number of para-hydroxylation sites is 1. The lowest BCUT2D eigenvalue weighted by atomic mass is 10.0. The molecular formula is C17H14BrNO2. The number of carbonyl (C=O) groups is 1. The van der Waals surface area contributed by atoms with Gasteiger partial charge in [-0.1, -0.05) is 12.1 Å². The molecule has 3 nitrogen and oxygen atoms in total. The molecule has 2 aromatic carbocycles. The zero-order valence-corrected chi connectivity index (χ0v) is 13.3. The Morgan fingerprint density at radius 3 is 2.52 bits per heavy atom. The van der Waals surface area contributed by atoms with E-state index >= 15 is 0 Å². The number of hydrogen-bond acceptors (Lipinski definition) is 2. The summed E-state index contributed by atoms with van der Waals surface area (Å²) in [6.45, 7) is 3.70. The number of phenolic OH excluding ortho intramolecular Hbond substituents is 1. The fraction of sp³-hybridized carbons (Fsp3) is 0.118. The number of phenols is 1.